The van der Waals surface area contributed by atoms with Crippen LogP contribution >= 0.6 is 0 Å². The van der Waals surface area contributed by atoms with Gasteiger partial charge in [-0.3, -0.25) is 5.41 Å². The number of methoxy groups -OCH3 is 1. The highest BCUT2D eigenvalue weighted by Crippen LogP contribution is 2.16. The van der Waals surface area contributed by atoms with Crippen molar-refractivity contribution in [3.8, 4) is 0 Å². The fourth-order valence-electron chi connectivity index (χ4n) is 0.608. The number of ether oxygens (including phenoxy) is 2. The Morgan fingerprint density at radius 2 is 1.55 bits per heavy atom. The number of allylic oxidation sites excluding steroid dienone is 1. The first-order valence-electron chi connectivity index (χ1n) is 6.64. The van der Waals surface area contributed by atoms with Crippen LogP contribution < -0.4 is 5.73 Å². The van der Waals surface area contributed by atoms with E-state index < -0.39 is 17.2 Å². The summed E-state index contributed by atoms with van der Waals surface area (Å²) >= 11 is 0. The number of nitrogens with two attached hydrogens (primary N) is 1. The van der Waals surface area contributed by atoms with E-state index >= 15 is 0 Å². The first kappa shape index (κ1) is 25.1. The standard InChI is InChI=1S/C9H18O3.C5H8O2.CH4N2/c1-8(2,3)12-7(10)9(4,5)11-6;1-3-4(2)5(6)7;2-1-3/h1-6H3;3H,1-2H3,(H,6,7);1H,(H3,2,3)/b;4-3-;. The third-order valence-corrected chi connectivity index (χ3v) is 2.17. The maximum absolute atomic E-state index is 11.4. The molecule has 0 saturated carbocycles. The largest absolute Gasteiger partial charge is 0.478 e. The maximum atomic E-state index is 11.4. The summed E-state index contributed by atoms with van der Waals surface area (Å²) in [5.41, 5.74) is 3.47. The number of carbonyl (C=O) groups is 2. The zero-order chi connectivity index (χ0) is 18.6. The van der Waals surface area contributed by atoms with E-state index in [1.165, 1.54) is 7.11 Å². The fourth-order valence-corrected chi connectivity index (χ4v) is 0.608. The first-order valence-corrected chi connectivity index (χ1v) is 6.64. The minimum Gasteiger partial charge on any atom is -0.478 e. The third-order valence-electron chi connectivity index (χ3n) is 2.17. The molecule has 0 saturated heterocycles. The van der Waals surface area contributed by atoms with Crippen LogP contribution in [0.1, 0.15) is 48.5 Å². The summed E-state index contributed by atoms with van der Waals surface area (Å²) in [4.78, 5) is 21.2. The Hall–Kier alpha value is -1.89. The van der Waals surface area contributed by atoms with E-state index in [9.17, 15) is 9.59 Å². The lowest BCUT2D eigenvalue weighted by Crippen LogP contribution is -2.40. The van der Waals surface area contributed by atoms with Crippen LogP contribution in [0.4, 0.5) is 0 Å². The third kappa shape index (κ3) is 16.2. The summed E-state index contributed by atoms with van der Waals surface area (Å²) in [5.74, 6) is -1.18. The molecule has 0 amide bonds. The SMILES string of the molecule is C/C=C(/C)C(=O)O.COC(C)(C)C(=O)OC(C)(C)C.N=CN. The first-order chi connectivity index (χ1) is 9.78. The Labute approximate surface area is 133 Å². The molecule has 0 heterocycles. The highest BCUT2D eigenvalue weighted by Gasteiger charge is 2.32. The highest BCUT2D eigenvalue weighted by molar-refractivity contribution is 5.85. The highest BCUT2D eigenvalue weighted by atomic mass is 16.6. The minimum absolute atomic E-state index is 0.336. The number of nitrogens with one attached hydrogen (secondary N) is 1. The van der Waals surface area contributed by atoms with Gasteiger partial charge in [-0.1, -0.05) is 6.08 Å². The number of aliphatic carboxylic acids is 1. The van der Waals surface area contributed by atoms with Crippen LogP contribution in [0.5, 0.6) is 0 Å². The van der Waals surface area contributed by atoms with Crippen molar-refractivity contribution in [2.24, 2.45) is 5.73 Å². The van der Waals surface area contributed by atoms with Crippen molar-refractivity contribution in [1.82, 2.24) is 0 Å². The molecule has 22 heavy (non-hydrogen) atoms. The van der Waals surface area contributed by atoms with Crippen molar-refractivity contribution in [1.29, 1.82) is 5.41 Å². The van der Waals surface area contributed by atoms with E-state index in [1.54, 1.807) is 33.8 Å². The van der Waals surface area contributed by atoms with E-state index in [4.69, 9.17) is 20.0 Å². The lowest BCUT2D eigenvalue weighted by atomic mass is 10.1. The van der Waals surface area contributed by atoms with Crippen molar-refractivity contribution in [3.63, 3.8) is 0 Å². The van der Waals surface area contributed by atoms with Crippen LogP contribution in [0, 0.1) is 5.41 Å². The monoisotopic (exact) mass is 318 g/mol. The van der Waals surface area contributed by atoms with Crippen LogP contribution in [-0.4, -0.2) is 41.7 Å². The quantitative estimate of drug-likeness (QED) is 0.318. The molecule has 0 aliphatic heterocycles. The van der Waals surface area contributed by atoms with Gasteiger partial charge < -0.3 is 20.3 Å². The van der Waals surface area contributed by atoms with Crippen LogP contribution in [0.3, 0.4) is 0 Å². The van der Waals surface area contributed by atoms with Crippen LogP contribution in [-0.2, 0) is 19.1 Å². The van der Waals surface area contributed by atoms with Crippen LogP contribution in [0.15, 0.2) is 11.6 Å². The fraction of sp³-hybridized carbons (Fsp3) is 0.667. The van der Waals surface area contributed by atoms with Gasteiger partial charge in [-0.05, 0) is 48.5 Å². The molecule has 7 heteroatoms. The van der Waals surface area contributed by atoms with Gasteiger partial charge >= 0.3 is 11.9 Å². The van der Waals surface area contributed by atoms with E-state index in [-0.39, 0.29) is 5.97 Å². The van der Waals surface area contributed by atoms with E-state index in [2.05, 4.69) is 5.73 Å². The molecule has 0 bridgehead atoms. The molecule has 0 aromatic carbocycles. The van der Waals surface area contributed by atoms with Gasteiger partial charge in [0.2, 0.25) is 0 Å². The van der Waals surface area contributed by atoms with E-state index in [0.29, 0.717) is 5.57 Å². The average Bonchev–Trinajstić information content (AvgIpc) is 2.37. The van der Waals surface area contributed by atoms with E-state index in [1.807, 2.05) is 20.8 Å². The maximum Gasteiger partial charge on any atom is 0.338 e. The van der Waals surface area contributed by atoms with Gasteiger partial charge in [0.25, 0.3) is 0 Å². The van der Waals surface area contributed by atoms with Gasteiger partial charge in [-0.15, -0.1) is 0 Å². The zero-order valence-electron chi connectivity index (χ0n) is 14.8. The van der Waals surface area contributed by atoms with Gasteiger partial charge in [0.15, 0.2) is 5.60 Å². The Balaban J connectivity index is -0.000000305. The van der Waals surface area contributed by atoms with Gasteiger partial charge in [-0.25, -0.2) is 9.59 Å². The molecule has 0 aliphatic carbocycles. The molecule has 0 aromatic rings. The Morgan fingerprint density at radius 1 is 1.18 bits per heavy atom. The molecule has 130 valence electrons. The molecule has 7 nitrogen and oxygen atoms in total. The lowest BCUT2D eigenvalue weighted by Gasteiger charge is -2.27. The summed E-state index contributed by atoms with van der Waals surface area (Å²) in [6.07, 6.45) is 2.31. The summed E-state index contributed by atoms with van der Waals surface area (Å²) < 4.78 is 10.1. The topological polar surface area (TPSA) is 123 Å². The minimum atomic E-state index is -0.854. The molecule has 0 radical (unpaired) electrons. The van der Waals surface area contributed by atoms with Crippen molar-refractivity contribution >= 4 is 18.3 Å². The molecule has 0 fully saturated rings. The number of hydrogen-bond acceptors (Lipinski definition) is 5. The predicted octanol–water partition coefficient (Wildman–Crippen LogP) is 2.34. The summed E-state index contributed by atoms with van der Waals surface area (Å²) in [6, 6.07) is 0. The molecule has 0 aromatic heterocycles. The molecule has 0 rings (SSSR count). The summed E-state index contributed by atoms with van der Waals surface area (Å²) in [5, 5.41) is 14.0. The molecule has 0 spiro atoms. The smallest absolute Gasteiger partial charge is 0.338 e. The molecular formula is C15H30N2O5. The second-order valence-corrected chi connectivity index (χ2v) is 5.66. The normalized spacial score (nSPS) is 11.2. The molecule has 0 unspecified atom stereocenters. The number of carbonyl (C=O) groups excluding carboxylic acids is 1. The number of esters is 1. The van der Waals surface area contributed by atoms with E-state index in [0.717, 1.165) is 6.34 Å². The van der Waals surface area contributed by atoms with Gasteiger partial charge in [0.05, 0.1) is 6.34 Å². The summed E-state index contributed by atoms with van der Waals surface area (Å²) in [7, 11) is 1.49. The zero-order valence-corrected chi connectivity index (χ0v) is 14.8. The molecular weight excluding hydrogens is 288 g/mol. The number of hydrogen-bond donors (Lipinski definition) is 3. The second kappa shape index (κ2) is 11.7. The van der Waals surface area contributed by atoms with Gasteiger partial charge in [0, 0.05) is 12.7 Å². The Kier molecular flexibility index (Phi) is 13.4. The van der Waals surface area contributed by atoms with Gasteiger partial charge in [-0.2, -0.15) is 0 Å². The lowest BCUT2D eigenvalue weighted by molar-refractivity contribution is -0.176. The Morgan fingerprint density at radius 3 is 1.68 bits per heavy atom. The predicted molar refractivity (Wildman–Crippen MR) is 87.0 cm³/mol. The number of rotatable bonds is 3. The van der Waals surface area contributed by atoms with Crippen molar-refractivity contribution < 1.29 is 24.2 Å². The molecule has 4 N–H and O–H groups in total. The van der Waals surface area contributed by atoms with Crippen molar-refractivity contribution in [3.05, 3.63) is 11.6 Å². The van der Waals surface area contributed by atoms with Crippen LogP contribution in [0.2, 0.25) is 0 Å². The second-order valence-electron chi connectivity index (χ2n) is 5.66. The van der Waals surface area contributed by atoms with Crippen molar-refractivity contribution in [2.45, 2.75) is 59.7 Å². The number of carboxylic acids is 1. The number of carboxylic acid groups (broad SMARTS) is 1. The summed E-state index contributed by atoms with van der Waals surface area (Å²) in [6.45, 7) is 12.1. The van der Waals surface area contributed by atoms with Crippen molar-refractivity contribution in [2.75, 3.05) is 7.11 Å². The molecule has 0 atom stereocenters. The Bertz CT molecular complexity index is 382. The van der Waals surface area contributed by atoms with Gasteiger partial charge in [0.1, 0.15) is 5.60 Å². The average molecular weight is 318 g/mol. The van der Waals surface area contributed by atoms with Crippen LogP contribution in [0.25, 0.3) is 0 Å². The molecule has 0 aliphatic rings.